The first-order valence-electron chi connectivity index (χ1n) is 5.93. The molecular weight excluding hydrogens is 216 g/mol. The molecule has 0 aromatic heterocycles. The molecule has 1 fully saturated rings. The van der Waals surface area contributed by atoms with Gasteiger partial charge in [-0.15, -0.1) is 0 Å². The Morgan fingerprint density at radius 3 is 2.94 bits per heavy atom. The van der Waals surface area contributed by atoms with Crippen LogP contribution in [0.25, 0.3) is 0 Å². The van der Waals surface area contributed by atoms with Crippen LogP contribution in [-0.4, -0.2) is 43.2 Å². The summed E-state index contributed by atoms with van der Waals surface area (Å²) in [5, 5.41) is 2.88. The third-order valence-electron chi connectivity index (χ3n) is 2.75. The summed E-state index contributed by atoms with van der Waals surface area (Å²) in [6.45, 7) is 4.82. The third-order valence-corrected chi connectivity index (χ3v) is 2.75. The van der Waals surface area contributed by atoms with Crippen molar-refractivity contribution >= 4 is 11.6 Å². The maximum atomic E-state index is 11.8. The Labute approximate surface area is 102 Å². The van der Waals surface area contributed by atoms with Gasteiger partial charge >= 0.3 is 0 Å². The summed E-state index contributed by atoms with van der Waals surface area (Å²) in [5.74, 6) is 0.0327. The Hall–Kier alpha value is -1.39. The van der Waals surface area contributed by atoms with E-state index in [0.29, 0.717) is 13.2 Å². The molecule has 1 aromatic carbocycles. The number of para-hydroxylation sites is 1. The van der Waals surface area contributed by atoms with Crippen LogP contribution in [0.15, 0.2) is 30.3 Å². The SMILES string of the molecule is C[C@@H]1CN(CC(=O)Nc2ccccc2)CCO1. The molecule has 1 N–H and O–H groups in total. The number of rotatable bonds is 3. The molecule has 1 saturated heterocycles. The van der Waals surface area contributed by atoms with Crippen LogP contribution in [0.5, 0.6) is 0 Å². The average molecular weight is 234 g/mol. The molecule has 0 radical (unpaired) electrons. The highest BCUT2D eigenvalue weighted by Gasteiger charge is 2.18. The van der Waals surface area contributed by atoms with Crippen LogP contribution in [-0.2, 0) is 9.53 Å². The number of anilines is 1. The number of carbonyl (C=O) groups excluding carboxylic acids is 1. The fourth-order valence-electron chi connectivity index (χ4n) is 1.96. The van der Waals surface area contributed by atoms with Crippen LogP contribution < -0.4 is 5.32 Å². The van der Waals surface area contributed by atoms with Crippen LogP contribution >= 0.6 is 0 Å². The van der Waals surface area contributed by atoms with Gasteiger partial charge in [0, 0.05) is 18.8 Å². The van der Waals surface area contributed by atoms with E-state index in [-0.39, 0.29) is 12.0 Å². The summed E-state index contributed by atoms with van der Waals surface area (Å²) in [4.78, 5) is 13.9. The minimum absolute atomic E-state index is 0.0327. The molecular formula is C13H18N2O2. The lowest BCUT2D eigenvalue weighted by molar-refractivity contribution is -0.119. The van der Waals surface area contributed by atoms with Crippen molar-refractivity contribution in [3.05, 3.63) is 30.3 Å². The molecule has 1 atom stereocenters. The van der Waals surface area contributed by atoms with E-state index in [1.54, 1.807) is 0 Å². The van der Waals surface area contributed by atoms with Crippen LogP contribution in [0.4, 0.5) is 5.69 Å². The molecule has 92 valence electrons. The number of ether oxygens (including phenoxy) is 1. The van der Waals surface area contributed by atoms with Gasteiger partial charge in [0.2, 0.25) is 5.91 Å². The van der Waals surface area contributed by atoms with Crippen molar-refractivity contribution in [2.24, 2.45) is 0 Å². The fraction of sp³-hybridized carbons (Fsp3) is 0.462. The molecule has 17 heavy (non-hydrogen) atoms. The molecule has 0 saturated carbocycles. The van der Waals surface area contributed by atoms with Gasteiger partial charge in [-0.1, -0.05) is 18.2 Å². The summed E-state index contributed by atoms with van der Waals surface area (Å²) in [7, 11) is 0. The molecule has 1 heterocycles. The van der Waals surface area contributed by atoms with E-state index in [1.165, 1.54) is 0 Å². The van der Waals surface area contributed by atoms with Crippen molar-refractivity contribution in [2.45, 2.75) is 13.0 Å². The average Bonchev–Trinajstić information content (AvgIpc) is 2.30. The number of benzene rings is 1. The van der Waals surface area contributed by atoms with E-state index in [9.17, 15) is 4.79 Å². The lowest BCUT2D eigenvalue weighted by Crippen LogP contribution is -2.44. The molecule has 4 nitrogen and oxygen atoms in total. The number of hydrogen-bond donors (Lipinski definition) is 1. The van der Waals surface area contributed by atoms with Gasteiger partial charge in [0.15, 0.2) is 0 Å². The lowest BCUT2D eigenvalue weighted by atomic mass is 10.3. The zero-order valence-corrected chi connectivity index (χ0v) is 10.1. The second-order valence-electron chi connectivity index (χ2n) is 4.33. The Morgan fingerprint density at radius 2 is 2.24 bits per heavy atom. The molecule has 1 amide bonds. The van der Waals surface area contributed by atoms with E-state index in [4.69, 9.17) is 4.74 Å². The Balaban J connectivity index is 1.81. The summed E-state index contributed by atoms with van der Waals surface area (Å²) in [5.41, 5.74) is 0.846. The van der Waals surface area contributed by atoms with Gasteiger partial charge in [0.1, 0.15) is 0 Å². The second kappa shape index (κ2) is 5.80. The quantitative estimate of drug-likeness (QED) is 0.858. The molecule has 1 aliphatic heterocycles. The topological polar surface area (TPSA) is 41.6 Å². The summed E-state index contributed by atoms with van der Waals surface area (Å²) in [6, 6.07) is 9.53. The van der Waals surface area contributed by atoms with Gasteiger partial charge in [-0.25, -0.2) is 0 Å². The van der Waals surface area contributed by atoms with Crippen LogP contribution in [0.2, 0.25) is 0 Å². The van der Waals surface area contributed by atoms with Gasteiger partial charge in [0.25, 0.3) is 0 Å². The van der Waals surface area contributed by atoms with Crippen molar-refractivity contribution in [2.75, 3.05) is 31.6 Å². The number of nitrogens with one attached hydrogen (secondary N) is 1. The van der Waals surface area contributed by atoms with E-state index < -0.39 is 0 Å². The first kappa shape index (κ1) is 12.1. The molecule has 0 bridgehead atoms. The van der Waals surface area contributed by atoms with Crippen LogP contribution in [0.3, 0.4) is 0 Å². The maximum absolute atomic E-state index is 11.8. The Bertz CT molecular complexity index is 367. The van der Waals surface area contributed by atoms with Crippen molar-refractivity contribution in [3.63, 3.8) is 0 Å². The standard InChI is InChI=1S/C13H18N2O2/c1-11-9-15(7-8-17-11)10-13(16)14-12-5-3-2-4-6-12/h2-6,11H,7-10H2,1H3,(H,14,16)/t11-/m1/s1. The first-order chi connectivity index (χ1) is 8.24. The zero-order chi connectivity index (χ0) is 12.1. The molecule has 1 aliphatic rings. The highest BCUT2D eigenvalue weighted by atomic mass is 16.5. The molecule has 4 heteroatoms. The lowest BCUT2D eigenvalue weighted by Gasteiger charge is -2.30. The highest BCUT2D eigenvalue weighted by molar-refractivity contribution is 5.92. The van der Waals surface area contributed by atoms with Crippen LogP contribution in [0.1, 0.15) is 6.92 Å². The van der Waals surface area contributed by atoms with Gasteiger partial charge in [-0.3, -0.25) is 9.69 Å². The van der Waals surface area contributed by atoms with Gasteiger partial charge in [0.05, 0.1) is 19.3 Å². The van der Waals surface area contributed by atoms with Crippen molar-refractivity contribution in [1.29, 1.82) is 0 Å². The number of nitrogens with zero attached hydrogens (tertiary/aromatic N) is 1. The summed E-state index contributed by atoms with van der Waals surface area (Å²) in [6.07, 6.45) is 0.216. The van der Waals surface area contributed by atoms with Crippen molar-refractivity contribution < 1.29 is 9.53 Å². The molecule has 2 rings (SSSR count). The zero-order valence-electron chi connectivity index (χ0n) is 10.1. The smallest absolute Gasteiger partial charge is 0.238 e. The second-order valence-corrected chi connectivity index (χ2v) is 4.33. The molecule has 0 aliphatic carbocycles. The first-order valence-corrected chi connectivity index (χ1v) is 5.93. The van der Waals surface area contributed by atoms with Crippen LogP contribution in [0, 0.1) is 0 Å². The number of carbonyl (C=O) groups is 1. The third kappa shape index (κ3) is 3.84. The van der Waals surface area contributed by atoms with Crippen molar-refractivity contribution in [1.82, 2.24) is 4.90 Å². The van der Waals surface area contributed by atoms with E-state index in [1.807, 2.05) is 37.3 Å². The minimum atomic E-state index is 0.0327. The number of hydrogen-bond acceptors (Lipinski definition) is 3. The number of morpholine rings is 1. The Kier molecular flexibility index (Phi) is 4.12. The van der Waals surface area contributed by atoms with E-state index in [2.05, 4.69) is 10.2 Å². The van der Waals surface area contributed by atoms with E-state index in [0.717, 1.165) is 18.8 Å². The van der Waals surface area contributed by atoms with Gasteiger partial charge in [-0.05, 0) is 19.1 Å². The summed E-state index contributed by atoms with van der Waals surface area (Å²) < 4.78 is 5.43. The molecule has 1 aromatic rings. The Morgan fingerprint density at radius 1 is 1.47 bits per heavy atom. The van der Waals surface area contributed by atoms with Gasteiger partial charge in [-0.2, -0.15) is 0 Å². The van der Waals surface area contributed by atoms with E-state index >= 15 is 0 Å². The predicted octanol–water partition coefficient (Wildman–Crippen LogP) is 1.35. The minimum Gasteiger partial charge on any atom is -0.376 e. The molecule has 0 spiro atoms. The van der Waals surface area contributed by atoms with Gasteiger partial charge < -0.3 is 10.1 Å². The van der Waals surface area contributed by atoms with Crippen molar-refractivity contribution in [3.8, 4) is 0 Å². The summed E-state index contributed by atoms with van der Waals surface area (Å²) >= 11 is 0. The largest absolute Gasteiger partial charge is 0.376 e. The number of amides is 1. The fourth-order valence-corrected chi connectivity index (χ4v) is 1.96. The maximum Gasteiger partial charge on any atom is 0.238 e. The normalized spacial score (nSPS) is 21.1. The predicted molar refractivity (Wildman–Crippen MR) is 66.9 cm³/mol. The highest BCUT2D eigenvalue weighted by Crippen LogP contribution is 2.07. The molecule has 0 unspecified atom stereocenters. The monoisotopic (exact) mass is 234 g/mol.